The molecule has 2 aliphatic heterocycles. The second kappa shape index (κ2) is 5.19. The maximum Gasteiger partial charge on any atom is 0.352 e. The lowest BCUT2D eigenvalue weighted by atomic mass is 9.82. The number of aromatic nitrogens is 1. The number of rotatable bonds is 4. The normalized spacial score (nSPS) is 25.0. The summed E-state index contributed by atoms with van der Waals surface area (Å²) in [6, 6.07) is 2.99. The number of fused-ring (bicyclic) bond motifs is 1. The summed E-state index contributed by atoms with van der Waals surface area (Å²) in [7, 11) is 0. The molecule has 0 aromatic carbocycles. The fraction of sp³-hybridized carbons (Fsp3) is 0.400. The highest BCUT2D eigenvalue weighted by molar-refractivity contribution is 6.06. The first kappa shape index (κ1) is 14.7. The molecule has 3 heterocycles. The van der Waals surface area contributed by atoms with Crippen LogP contribution in [0.25, 0.3) is 5.57 Å². The Bertz CT molecular complexity index is 665. The maximum absolute atomic E-state index is 12.1. The summed E-state index contributed by atoms with van der Waals surface area (Å²) in [4.78, 5) is 29.0. The van der Waals surface area contributed by atoms with Crippen molar-refractivity contribution in [1.29, 1.82) is 0 Å². The van der Waals surface area contributed by atoms with Gasteiger partial charge in [0.15, 0.2) is 0 Å². The van der Waals surface area contributed by atoms with Gasteiger partial charge in [-0.05, 0) is 30.5 Å². The van der Waals surface area contributed by atoms with Crippen LogP contribution in [0.4, 0.5) is 0 Å². The molecule has 1 aromatic heterocycles. The number of hydrogen-bond acceptors (Lipinski definition) is 5. The average molecular weight is 304 g/mol. The fourth-order valence-electron chi connectivity index (χ4n) is 3.22. The molecule has 1 amide bonds. The standard InChI is InChI=1S/C15H16N2O5/c1-7(19)12-11-4-10(8-2-3-9(6-18)16-5-8)13(15(21)22)17(11)14(12)20/h2-3,5,7,11-12,18-19H,4,6H2,1H3,(H,21,22)/t7-,11-,12-/m1/s1. The van der Waals surface area contributed by atoms with E-state index in [2.05, 4.69) is 4.98 Å². The van der Waals surface area contributed by atoms with Crippen LogP contribution in [0, 0.1) is 5.92 Å². The number of nitrogens with zero attached hydrogens (tertiary/aromatic N) is 2. The molecule has 116 valence electrons. The Hall–Kier alpha value is -2.25. The van der Waals surface area contributed by atoms with Gasteiger partial charge in [0.25, 0.3) is 0 Å². The number of carboxylic acids is 1. The molecule has 7 nitrogen and oxygen atoms in total. The van der Waals surface area contributed by atoms with Crippen molar-refractivity contribution in [2.45, 2.75) is 32.1 Å². The van der Waals surface area contributed by atoms with E-state index in [1.54, 1.807) is 12.1 Å². The van der Waals surface area contributed by atoms with E-state index in [0.717, 1.165) is 0 Å². The Morgan fingerprint density at radius 1 is 1.50 bits per heavy atom. The van der Waals surface area contributed by atoms with Crippen molar-refractivity contribution in [3.8, 4) is 0 Å². The van der Waals surface area contributed by atoms with Crippen LogP contribution in [0.2, 0.25) is 0 Å². The van der Waals surface area contributed by atoms with E-state index >= 15 is 0 Å². The summed E-state index contributed by atoms with van der Waals surface area (Å²) >= 11 is 0. The van der Waals surface area contributed by atoms with Crippen molar-refractivity contribution in [1.82, 2.24) is 9.88 Å². The van der Waals surface area contributed by atoms with Gasteiger partial charge < -0.3 is 20.2 Å². The molecule has 2 aliphatic rings. The Kier molecular flexibility index (Phi) is 3.46. The molecule has 0 spiro atoms. The molecule has 22 heavy (non-hydrogen) atoms. The van der Waals surface area contributed by atoms with Gasteiger partial charge in [0.1, 0.15) is 5.70 Å². The van der Waals surface area contributed by atoms with Crippen LogP contribution in [-0.4, -0.2) is 49.2 Å². The first-order valence-electron chi connectivity index (χ1n) is 6.99. The topological polar surface area (TPSA) is 111 Å². The molecule has 0 radical (unpaired) electrons. The molecule has 0 saturated carbocycles. The molecule has 1 aromatic rings. The van der Waals surface area contributed by atoms with Crippen LogP contribution in [0.15, 0.2) is 24.0 Å². The van der Waals surface area contributed by atoms with Crippen LogP contribution in [0.3, 0.4) is 0 Å². The van der Waals surface area contributed by atoms with E-state index in [9.17, 15) is 19.8 Å². The highest BCUT2D eigenvalue weighted by atomic mass is 16.4. The summed E-state index contributed by atoms with van der Waals surface area (Å²) in [5.74, 6) is -2.08. The van der Waals surface area contributed by atoms with Crippen molar-refractivity contribution in [3.63, 3.8) is 0 Å². The Morgan fingerprint density at radius 3 is 2.73 bits per heavy atom. The smallest absolute Gasteiger partial charge is 0.352 e. The zero-order valence-corrected chi connectivity index (χ0v) is 11.9. The molecule has 0 unspecified atom stereocenters. The number of pyridine rings is 1. The van der Waals surface area contributed by atoms with E-state index in [1.807, 2.05) is 0 Å². The largest absolute Gasteiger partial charge is 0.477 e. The minimum absolute atomic E-state index is 0.0366. The zero-order chi connectivity index (χ0) is 16.0. The predicted molar refractivity (Wildman–Crippen MR) is 75.1 cm³/mol. The van der Waals surface area contributed by atoms with Crippen LogP contribution < -0.4 is 0 Å². The summed E-state index contributed by atoms with van der Waals surface area (Å²) in [5, 5.41) is 28.1. The van der Waals surface area contributed by atoms with E-state index in [1.165, 1.54) is 18.0 Å². The lowest BCUT2D eigenvalue weighted by Crippen LogP contribution is -2.61. The van der Waals surface area contributed by atoms with Crippen molar-refractivity contribution >= 4 is 17.4 Å². The molecule has 1 fully saturated rings. The molecular weight excluding hydrogens is 288 g/mol. The van der Waals surface area contributed by atoms with Gasteiger partial charge >= 0.3 is 5.97 Å². The molecule has 3 atom stereocenters. The highest BCUT2D eigenvalue weighted by Gasteiger charge is 2.56. The fourth-order valence-corrected chi connectivity index (χ4v) is 3.22. The third-order valence-corrected chi connectivity index (χ3v) is 4.27. The Labute approximate surface area is 126 Å². The number of hydrogen-bond donors (Lipinski definition) is 3. The molecular formula is C15H16N2O5. The third kappa shape index (κ3) is 2.01. The van der Waals surface area contributed by atoms with Crippen LogP contribution in [-0.2, 0) is 16.2 Å². The van der Waals surface area contributed by atoms with Gasteiger partial charge in [0.05, 0.1) is 30.4 Å². The summed E-state index contributed by atoms with van der Waals surface area (Å²) in [6.07, 6.45) is 1.07. The van der Waals surface area contributed by atoms with Gasteiger partial charge in [-0.15, -0.1) is 0 Å². The highest BCUT2D eigenvalue weighted by Crippen LogP contribution is 2.46. The number of carboxylic acid groups (broad SMARTS) is 1. The van der Waals surface area contributed by atoms with Crippen LogP contribution in [0.1, 0.15) is 24.6 Å². The first-order valence-corrected chi connectivity index (χ1v) is 6.99. The van der Waals surface area contributed by atoms with Gasteiger partial charge in [-0.2, -0.15) is 0 Å². The second-order valence-electron chi connectivity index (χ2n) is 5.57. The van der Waals surface area contributed by atoms with Gasteiger partial charge in [-0.25, -0.2) is 4.79 Å². The van der Waals surface area contributed by atoms with Crippen LogP contribution in [0.5, 0.6) is 0 Å². The van der Waals surface area contributed by atoms with Crippen molar-refractivity contribution in [2.75, 3.05) is 0 Å². The quantitative estimate of drug-likeness (QED) is 0.674. The third-order valence-electron chi connectivity index (χ3n) is 4.27. The summed E-state index contributed by atoms with van der Waals surface area (Å²) < 4.78 is 0. The lowest BCUT2D eigenvalue weighted by Gasteiger charge is -2.44. The van der Waals surface area contributed by atoms with Gasteiger partial charge in [-0.1, -0.05) is 6.07 Å². The molecule has 7 heteroatoms. The number of amides is 1. The van der Waals surface area contributed by atoms with Crippen molar-refractivity contribution in [2.24, 2.45) is 5.92 Å². The lowest BCUT2D eigenvalue weighted by molar-refractivity contribution is -0.161. The number of carbonyl (C=O) groups excluding carboxylic acids is 1. The Morgan fingerprint density at radius 2 is 2.23 bits per heavy atom. The van der Waals surface area contributed by atoms with E-state index in [0.29, 0.717) is 23.3 Å². The number of aliphatic hydroxyl groups excluding tert-OH is 2. The summed E-state index contributed by atoms with van der Waals surface area (Å²) in [5.41, 5.74) is 1.60. The average Bonchev–Trinajstić information content (AvgIpc) is 2.82. The molecule has 0 aliphatic carbocycles. The molecule has 1 saturated heterocycles. The molecule has 3 N–H and O–H groups in total. The number of β-lactam (4-membered cyclic amide) rings is 1. The van der Waals surface area contributed by atoms with Gasteiger partial charge in [-0.3, -0.25) is 9.78 Å². The second-order valence-corrected chi connectivity index (χ2v) is 5.57. The summed E-state index contributed by atoms with van der Waals surface area (Å²) in [6.45, 7) is 1.35. The van der Waals surface area contributed by atoms with Gasteiger partial charge in [0.2, 0.25) is 5.91 Å². The zero-order valence-electron chi connectivity index (χ0n) is 11.9. The molecule has 0 bridgehead atoms. The predicted octanol–water partition coefficient (Wildman–Crippen LogP) is -0.0189. The molecule has 3 rings (SSSR count). The SMILES string of the molecule is C[C@@H](O)[C@H]1C(=O)N2C(C(=O)O)=C(c3ccc(CO)nc3)C[C@H]12. The number of carbonyl (C=O) groups is 2. The minimum Gasteiger partial charge on any atom is -0.477 e. The van der Waals surface area contributed by atoms with Crippen molar-refractivity contribution in [3.05, 3.63) is 35.3 Å². The maximum atomic E-state index is 12.1. The van der Waals surface area contributed by atoms with E-state index in [4.69, 9.17) is 5.11 Å². The van der Waals surface area contributed by atoms with Crippen molar-refractivity contribution < 1.29 is 24.9 Å². The number of aliphatic carboxylic acids is 1. The van der Waals surface area contributed by atoms with E-state index in [-0.39, 0.29) is 24.3 Å². The number of aliphatic hydroxyl groups is 2. The Balaban J connectivity index is 1.99. The minimum atomic E-state index is -1.17. The first-order chi connectivity index (χ1) is 10.5. The van der Waals surface area contributed by atoms with Gasteiger partial charge in [0, 0.05) is 6.20 Å². The van der Waals surface area contributed by atoms with Crippen LogP contribution >= 0.6 is 0 Å². The van der Waals surface area contributed by atoms with E-state index < -0.39 is 18.0 Å². The monoisotopic (exact) mass is 304 g/mol.